The van der Waals surface area contributed by atoms with Gasteiger partial charge in [-0.15, -0.1) is 0 Å². The zero-order valence-corrected chi connectivity index (χ0v) is 25.0. The first-order valence-electron chi connectivity index (χ1n) is 15.7. The van der Waals surface area contributed by atoms with Crippen molar-refractivity contribution in [1.82, 2.24) is 4.90 Å². The van der Waals surface area contributed by atoms with Gasteiger partial charge in [0.05, 0.1) is 23.4 Å². The average molecular weight is 594 g/mol. The number of aliphatic hydroxyl groups is 5. The topological polar surface area (TPSA) is 166 Å². The first kappa shape index (κ1) is 30.4. The SMILES string of the molecule is CC(=O)OC1C[C@]2(C)[C@@H](C3=CC(=O)OC3)CC[C@]2(O)C2CC[C@]3(O)C[C@@H](OC(C)(O)N4CCCCC4)C[C@@H](O)[C@]3(O)C12. The third-order valence-electron chi connectivity index (χ3n) is 12.1. The van der Waals surface area contributed by atoms with E-state index in [9.17, 15) is 35.1 Å². The van der Waals surface area contributed by atoms with E-state index in [1.165, 1.54) is 13.0 Å². The smallest absolute Gasteiger partial charge is 0.331 e. The quantitative estimate of drug-likeness (QED) is 0.229. The predicted molar refractivity (Wildman–Crippen MR) is 147 cm³/mol. The molecule has 4 unspecified atom stereocenters. The summed E-state index contributed by atoms with van der Waals surface area (Å²) >= 11 is 0. The number of esters is 2. The van der Waals surface area contributed by atoms with Gasteiger partial charge in [0, 0.05) is 57.2 Å². The number of carbonyl (C=O) groups excluding carboxylic acids is 2. The predicted octanol–water partition coefficient (Wildman–Crippen LogP) is 1.13. The van der Waals surface area contributed by atoms with Crippen LogP contribution in [0.5, 0.6) is 0 Å². The molecule has 0 aromatic rings. The molecule has 6 rings (SSSR count). The minimum atomic E-state index is -2.09. The lowest BCUT2D eigenvalue weighted by Gasteiger charge is -2.67. The van der Waals surface area contributed by atoms with Gasteiger partial charge in [-0.3, -0.25) is 9.69 Å². The van der Waals surface area contributed by atoms with E-state index in [4.69, 9.17) is 14.2 Å². The fourth-order valence-corrected chi connectivity index (χ4v) is 10.2. The van der Waals surface area contributed by atoms with Crippen molar-refractivity contribution in [3.05, 3.63) is 11.6 Å². The molecule has 11 nitrogen and oxygen atoms in total. The third kappa shape index (κ3) is 4.41. The van der Waals surface area contributed by atoms with Gasteiger partial charge < -0.3 is 39.7 Å². The van der Waals surface area contributed by atoms with Crippen molar-refractivity contribution >= 4 is 11.9 Å². The number of likely N-dealkylation sites (tertiary alicyclic amines) is 1. The van der Waals surface area contributed by atoms with Crippen molar-refractivity contribution in [3.8, 4) is 0 Å². The molecule has 11 heteroatoms. The Morgan fingerprint density at radius 3 is 2.48 bits per heavy atom. The van der Waals surface area contributed by atoms with Gasteiger partial charge >= 0.3 is 11.9 Å². The Hall–Kier alpha value is -1.60. The Morgan fingerprint density at radius 1 is 1.12 bits per heavy atom. The lowest BCUT2D eigenvalue weighted by molar-refractivity contribution is -0.360. The largest absolute Gasteiger partial charge is 0.462 e. The van der Waals surface area contributed by atoms with Gasteiger partial charge in [-0.2, -0.15) is 0 Å². The van der Waals surface area contributed by atoms with Crippen molar-refractivity contribution in [3.63, 3.8) is 0 Å². The van der Waals surface area contributed by atoms with Crippen LogP contribution in [0.4, 0.5) is 0 Å². The van der Waals surface area contributed by atoms with Crippen molar-refractivity contribution in [2.24, 2.45) is 23.2 Å². The number of cyclic esters (lactones) is 1. The molecule has 4 aliphatic carbocycles. The molecule has 2 heterocycles. The van der Waals surface area contributed by atoms with Gasteiger partial charge in [0.1, 0.15) is 18.3 Å². The molecule has 6 aliphatic rings. The van der Waals surface area contributed by atoms with Crippen LogP contribution in [-0.4, -0.2) is 103 Å². The molecule has 2 aliphatic heterocycles. The van der Waals surface area contributed by atoms with Crippen molar-refractivity contribution in [2.45, 2.75) is 126 Å². The number of fused-ring (bicyclic) bond motifs is 5. The van der Waals surface area contributed by atoms with Gasteiger partial charge in [-0.25, -0.2) is 4.79 Å². The zero-order chi connectivity index (χ0) is 30.3. The Labute approximate surface area is 246 Å². The number of ether oxygens (including phenoxy) is 3. The summed E-state index contributed by atoms with van der Waals surface area (Å²) in [5.74, 6) is -4.26. The second-order valence-corrected chi connectivity index (χ2v) is 14.3. The van der Waals surface area contributed by atoms with Crippen LogP contribution in [0, 0.1) is 23.2 Å². The fourth-order valence-electron chi connectivity index (χ4n) is 10.2. The third-order valence-corrected chi connectivity index (χ3v) is 12.1. The van der Waals surface area contributed by atoms with E-state index in [1.807, 2.05) is 11.8 Å². The number of carbonyl (C=O) groups is 2. The first-order valence-corrected chi connectivity index (χ1v) is 15.7. The second kappa shape index (κ2) is 10.2. The molecule has 236 valence electrons. The summed E-state index contributed by atoms with van der Waals surface area (Å²) in [4.78, 5) is 26.2. The monoisotopic (exact) mass is 593 g/mol. The summed E-state index contributed by atoms with van der Waals surface area (Å²) in [6.45, 7) is 6.34. The molecule has 0 aromatic heterocycles. The summed E-state index contributed by atoms with van der Waals surface area (Å²) < 4.78 is 17.2. The molecule has 5 N–H and O–H groups in total. The highest BCUT2D eigenvalue weighted by atomic mass is 16.7. The van der Waals surface area contributed by atoms with Crippen LogP contribution < -0.4 is 0 Å². The minimum absolute atomic E-state index is 0.0226. The maximum absolute atomic E-state index is 12.5. The van der Waals surface area contributed by atoms with Crippen LogP contribution in [0.25, 0.3) is 0 Å². The Bertz CT molecular complexity index is 1140. The number of hydrogen-bond acceptors (Lipinski definition) is 11. The highest BCUT2D eigenvalue weighted by Crippen LogP contribution is 2.69. The van der Waals surface area contributed by atoms with E-state index >= 15 is 0 Å². The van der Waals surface area contributed by atoms with E-state index in [2.05, 4.69) is 0 Å². The number of nitrogens with zero attached hydrogens (tertiary/aromatic N) is 1. The number of hydrogen-bond donors (Lipinski definition) is 5. The molecule has 11 atom stereocenters. The van der Waals surface area contributed by atoms with E-state index < -0.39 is 70.2 Å². The van der Waals surface area contributed by atoms with Crippen LogP contribution in [0.15, 0.2) is 11.6 Å². The number of aliphatic hydroxyl groups excluding tert-OH is 1. The molecule has 42 heavy (non-hydrogen) atoms. The molecule has 4 saturated carbocycles. The second-order valence-electron chi connectivity index (χ2n) is 14.3. The van der Waals surface area contributed by atoms with E-state index in [0.29, 0.717) is 32.4 Å². The van der Waals surface area contributed by atoms with Gasteiger partial charge in [0.25, 0.3) is 0 Å². The molecular formula is C31H47NO10. The maximum atomic E-state index is 12.5. The van der Waals surface area contributed by atoms with Crippen LogP contribution in [0.1, 0.15) is 85.0 Å². The lowest BCUT2D eigenvalue weighted by Crippen LogP contribution is -2.79. The van der Waals surface area contributed by atoms with Crippen molar-refractivity contribution < 1.29 is 49.3 Å². The van der Waals surface area contributed by atoms with E-state index in [-0.39, 0.29) is 38.2 Å². The maximum Gasteiger partial charge on any atom is 0.331 e. The summed E-state index contributed by atoms with van der Waals surface area (Å²) in [6.07, 6.45) is 2.94. The molecule has 0 amide bonds. The summed E-state index contributed by atoms with van der Waals surface area (Å²) in [5, 5.41) is 60.0. The van der Waals surface area contributed by atoms with Crippen LogP contribution in [0.3, 0.4) is 0 Å². The van der Waals surface area contributed by atoms with Crippen molar-refractivity contribution in [1.29, 1.82) is 0 Å². The summed E-state index contributed by atoms with van der Waals surface area (Å²) in [6, 6.07) is 0. The first-order chi connectivity index (χ1) is 19.6. The Balaban J connectivity index is 1.32. The molecule has 0 bridgehead atoms. The van der Waals surface area contributed by atoms with Gasteiger partial charge in [-0.1, -0.05) is 13.3 Å². The average Bonchev–Trinajstić information content (AvgIpc) is 3.45. The molecular weight excluding hydrogens is 546 g/mol. The molecule has 0 aromatic carbocycles. The van der Waals surface area contributed by atoms with Gasteiger partial charge in [-0.05, 0) is 62.4 Å². The minimum Gasteiger partial charge on any atom is -0.462 e. The van der Waals surface area contributed by atoms with Gasteiger partial charge in [0.15, 0.2) is 0 Å². The highest BCUT2D eigenvalue weighted by molar-refractivity contribution is 5.85. The van der Waals surface area contributed by atoms with Crippen molar-refractivity contribution in [2.75, 3.05) is 19.7 Å². The molecule has 0 spiro atoms. The standard InChI is InChI=1S/C31H47NO10/c1-18(33)41-23-16-27(2)21(19-13-25(35)40-17-19)8-10-30(27,38)22-7-9-29(37)15-20(14-24(34)31(29,39)26(22)23)42-28(3,36)32-11-5-4-6-12-32/h13,20-24,26,34,36-39H,4-12,14-17H2,1-3H3/t20-,21+,22?,23?,24+,26?,27+,28?,29-,30-,31-/m0/s1. The molecule has 1 saturated heterocycles. The normalized spacial score (nSPS) is 48.8. The van der Waals surface area contributed by atoms with Crippen LogP contribution in [-0.2, 0) is 23.8 Å². The van der Waals surface area contributed by atoms with Gasteiger partial charge in [0.2, 0.25) is 5.91 Å². The summed E-state index contributed by atoms with van der Waals surface area (Å²) in [7, 11) is 0. The number of piperidine rings is 1. The molecule has 5 fully saturated rings. The van der Waals surface area contributed by atoms with Crippen LogP contribution in [0.2, 0.25) is 0 Å². The fraction of sp³-hybridized carbons (Fsp3) is 0.871. The van der Waals surface area contributed by atoms with E-state index in [0.717, 1.165) is 24.8 Å². The Kier molecular flexibility index (Phi) is 7.40. The Morgan fingerprint density at radius 2 is 1.83 bits per heavy atom. The zero-order valence-electron chi connectivity index (χ0n) is 25.0. The lowest BCUT2D eigenvalue weighted by atomic mass is 9.43. The van der Waals surface area contributed by atoms with E-state index in [1.54, 1.807) is 6.92 Å². The molecule has 0 radical (unpaired) electrons. The number of rotatable bonds is 5. The van der Waals surface area contributed by atoms with Crippen LogP contribution >= 0.6 is 0 Å². The summed E-state index contributed by atoms with van der Waals surface area (Å²) in [5.41, 5.74) is -5.18. The highest BCUT2D eigenvalue weighted by Gasteiger charge is 2.76.